The van der Waals surface area contributed by atoms with Gasteiger partial charge in [-0.05, 0) is 80.9 Å². The summed E-state index contributed by atoms with van der Waals surface area (Å²) in [7, 11) is 0. The van der Waals surface area contributed by atoms with E-state index in [1.54, 1.807) is 0 Å². The van der Waals surface area contributed by atoms with Crippen molar-refractivity contribution in [2.75, 3.05) is 0 Å². The summed E-state index contributed by atoms with van der Waals surface area (Å²) in [6.45, 7) is 0. The molecule has 5 nitrogen and oxygen atoms in total. The number of aromatic nitrogens is 3. The van der Waals surface area contributed by atoms with E-state index in [0.717, 1.165) is 105 Å². The lowest BCUT2D eigenvalue weighted by Crippen LogP contribution is -2.00. The molecular formula is C57H35N3O2. The van der Waals surface area contributed by atoms with Crippen molar-refractivity contribution < 1.29 is 8.83 Å². The summed E-state index contributed by atoms with van der Waals surface area (Å²) < 4.78 is 12.8. The normalized spacial score (nSPS) is 11.5. The van der Waals surface area contributed by atoms with Crippen LogP contribution in [0.25, 0.3) is 123 Å². The van der Waals surface area contributed by atoms with Crippen molar-refractivity contribution in [2.45, 2.75) is 0 Å². The van der Waals surface area contributed by atoms with Gasteiger partial charge in [0.15, 0.2) is 17.5 Å². The molecule has 3 heterocycles. The first kappa shape index (κ1) is 35.5. The van der Waals surface area contributed by atoms with Crippen LogP contribution in [0.4, 0.5) is 0 Å². The van der Waals surface area contributed by atoms with Gasteiger partial charge < -0.3 is 8.83 Å². The fourth-order valence-electron chi connectivity index (χ4n) is 8.70. The van der Waals surface area contributed by atoms with Gasteiger partial charge in [-0.25, -0.2) is 15.0 Å². The van der Waals surface area contributed by atoms with Crippen LogP contribution in [0.2, 0.25) is 0 Å². The van der Waals surface area contributed by atoms with Crippen LogP contribution in [0.5, 0.6) is 0 Å². The Kier molecular flexibility index (Phi) is 8.42. The molecule has 0 spiro atoms. The predicted octanol–water partition coefficient (Wildman–Crippen LogP) is 15.3. The summed E-state index contributed by atoms with van der Waals surface area (Å²) in [6.07, 6.45) is 0. The molecule has 0 aliphatic carbocycles. The summed E-state index contributed by atoms with van der Waals surface area (Å²) in [5.74, 6) is 1.77. The maximum absolute atomic E-state index is 6.57. The number of fused-ring (bicyclic) bond motifs is 6. The summed E-state index contributed by atoms with van der Waals surface area (Å²) in [6, 6.07) is 73.4. The number of hydrogen-bond donors (Lipinski definition) is 0. The number of hydrogen-bond acceptors (Lipinski definition) is 5. The highest BCUT2D eigenvalue weighted by molar-refractivity contribution is 6.14. The highest BCUT2D eigenvalue weighted by Gasteiger charge is 2.18. The molecule has 0 radical (unpaired) electrons. The Bertz CT molecular complexity index is 3510. The molecule has 0 aliphatic rings. The van der Waals surface area contributed by atoms with Crippen molar-refractivity contribution in [3.05, 3.63) is 212 Å². The third kappa shape index (κ3) is 6.23. The van der Waals surface area contributed by atoms with Crippen LogP contribution in [0.15, 0.2) is 221 Å². The second-order valence-corrected chi connectivity index (χ2v) is 15.5. The largest absolute Gasteiger partial charge is 0.456 e. The van der Waals surface area contributed by atoms with Crippen LogP contribution < -0.4 is 0 Å². The molecule has 290 valence electrons. The Labute approximate surface area is 357 Å². The van der Waals surface area contributed by atoms with Gasteiger partial charge >= 0.3 is 0 Å². The minimum absolute atomic E-state index is 0.571. The molecular weight excluding hydrogens is 759 g/mol. The molecule has 0 amide bonds. The zero-order valence-corrected chi connectivity index (χ0v) is 33.4. The lowest BCUT2D eigenvalue weighted by molar-refractivity contribution is 0.668. The molecule has 0 saturated heterocycles. The number of rotatable bonds is 7. The topological polar surface area (TPSA) is 65.0 Å². The summed E-state index contributed by atoms with van der Waals surface area (Å²) in [4.78, 5) is 15.2. The van der Waals surface area contributed by atoms with Crippen molar-refractivity contribution in [1.82, 2.24) is 15.0 Å². The number of benzene rings is 9. The van der Waals surface area contributed by atoms with E-state index in [-0.39, 0.29) is 0 Å². The third-order valence-corrected chi connectivity index (χ3v) is 11.8. The molecule has 0 aliphatic heterocycles. The molecule has 0 N–H and O–H groups in total. The lowest BCUT2D eigenvalue weighted by Gasteiger charge is -2.11. The second-order valence-electron chi connectivity index (χ2n) is 15.5. The molecule has 3 aromatic heterocycles. The van der Waals surface area contributed by atoms with Gasteiger partial charge in [-0.15, -0.1) is 0 Å². The monoisotopic (exact) mass is 793 g/mol. The van der Waals surface area contributed by atoms with Crippen LogP contribution >= 0.6 is 0 Å². The molecule has 0 fully saturated rings. The molecule has 5 heteroatoms. The second kappa shape index (κ2) is 14.7. The van der Waals surface area contributed by atoms with Crippen molar-refractivity contribution in [1.29, 1.82) is 0 Å². The number of furan rings is 2. The van der Waals surface area contributed by atoms with E-state index in [1.165, 1.54) is 0 Å². The highest BCUT2D eigenvalue weighted by Crippen LogP contribution is 2.42. The van der Waals surface area contributed by atoms with Gasteiger partial charge in [0, 0.05) is 38.2 Å². The summed E-state index contributed by atoms with van der Waals surface area (Å²) >= 11 is 0. The fraction of sp³-hybridized carbons (Fsp3) is 0. The standard InChI is InChI=1S/C57H35N3O2/c1-3-12-36(13-4-1)38-22-26-40(27-23-38)55-58-56(41-28-24-39(25-29-41)37-14-5-2-6-15-37)60-57(59-55)43-30-32-46-49-34-42(31-33-51(49)62-53(46)35-43)44-16-7-8-17-45(44)47-19-11-21-52-54(47)48-18-9-10-20-50(48)61-52/h1-35H. The van der Waals surface area contributed by atoms with Gasteiger partial charge in [0.05, 0.1) is 0 Å². The number of nitrogens with zero attached hydrogens (tertiary/aromatic N) is 3. The molecule has 0 saturated carbocycles. The van der Waals surface area contributed by atoms with Gasteiger partial charge in [0.1, 0.15) is 22.3 Å². The Balaban J connectivity index is 0.946. The molecule has 0 atom stereocenters. The number of para-hydroxylation sites is 1. The van der Waals surface area contributed by atoms with Gasteiger partial charge in [-0.1, -0.05) is 176 Å². The fourth-order valence-corrected chi connectivity index (χ4v) is 8.70. The smallest absolute Gasteiger partial charge is 0.164 e. The van der Waals surface area contributed by atoms with Crippen LogP contribution in [-0.4, -0.2) is 15.0 Å². The highest BCUT2D eigenvalue weighted by atomic mass is 16.3. The lowest BCUT2D eigenvalue weighted by atomic mass is 9.91. The zero-order valence-electron chi connectivity index (χ0n) is 33.4. The first-order chi connectivity index (χ1) is 30.7. The minimum atomic E-state index is 0.571. The molecule has 0 unspecified atom stereocenters. The van der Waals surface area contributed by atoms with Gasteiger partial charge in [0.25, 0.3) is 0 Å². The van der Waals surface area contributed by atoms with Crippen molar-refractivity contribution in [2.24, 2.45) is 0 Å². The molecule has 62 heavy (non-hydrogen) atoms. The van der Waals surface area contributed by atoms with Crippen molar-refractivity contribution >= 4 is 43.9 Å². The summed E-state index contributed by atoms with van der Waals surface area (Å²) in [5, 5.41) is 4.30. The quantitative estimate of drug-likeness (QED) is 0.161. The first-order valence-electron chi connectivity index (χ1n) is 20.7. The average molecular weight is 794 g/mol. The maximum atomic E-state index is 6.57. The van der Waals surface area contributed by atoms with E-state index in [9.17, 15) is 0 Å². The van der Waals surface area contributed by atoms with E-state index in [4.69, 9.17) is 23.8 Å². The van der Waals surface area contributed by atoms with E-state index in [2.05, 4.69) is 176 Å². The molecule has 0 bridgehead atoms. The predicted molar refractivity (Wildman–Crippen MR) is 252 cm³/mol. The van der Waals surface area contributed by atoms with Gasteiger partial charge in [-0.3, -0.25) is 0 Å². The average Bonchev–Trinajstić information content (AvgIpc) is 3.92. The minimum Gasteiger partial charge on any atom is -0.456 e. The Morgan fingerprint density at radius 3 is 1.39 bits per heavy atom. The van der Waals surface area contributed by atoms with Crippen molar-refractivity contribution in [3.8, 4) is 78.7 Å². The van der Waals surface area contributed by atoms with E-state index in [1.807, 2.05) is 36.4 Å². The molecule has 12 rings (SSSR count). The third-order valence-electron chi connectivity index (χ3n) is 11.8. The zero-order chi connectivity index (χ0) is 41.0. The molecule has 12 aromatic rings. The Morgan fingerprint density at radius 2 is 0.710 bits per heavy atom. The van der Waals surface area contributed by atoms with Crippen LogP contribution in [0.1, 0.15) is 0 Å². The van der Waals surface area contributed by atoms with Crippen molar-refractivity contribution in [3.63, 3.8) is 0 Å². The Morgan fingerprint density at radius 1 is 0.242 bits per heavy atom. The van der Waals surface area contributed by atoms with E-state index < -0.39 is 0 Å². The van der Waals surface area contributed by atoms with E-state index >= 15 is 0 Å². The first-order valence-corrected chi connectivity index (χ1v) is 20.7. The maximum Gasteiger partial charge on any atom is 0.164 e. The van der Waals surface area contributed by atoms with Crippen LogP contribution in [0, 0.1) is 0 Å². The van der Waals surface area contributed by atoms with Crippen LogP contribution in [-0.2, 0) is 0 Å². The van der Waals surface area contributed by atoms with Gasteiger partial charge in [-0.2, -0.15) is 0 Å². The van der Waals surface area contributed by atoms with Crippen LogP contribution in [0.3, 0.4) is 0 Å². The SMILES string of the molecule is c1ccc(-c2ccc(-c3nc(-c4ccc(-c5ccccc5)cc4)nc(-c4ccc5c(c4)oc4ccc(-c6ccccc6-c6cccc7oc8ccccc8c67)cc45)n3)cc2)cc1. The molecule has 9 aromatic carbocycles. The van der Waals surface area contributed by atoms with E-state index in [0.29, 0.717) is 17.5 Å². The summed E-state index contributed by atoms with van der Waals surface area (Å²) in [5.41, 5.74) is 15.1. The van der Waals surface area contributed by atoms with Gasteiger partial charge in [0.2, 0.25) is 0 Å². The Hall–Kier alpha value is -8.41.